The van der Waals surface area contributed by atoms with Gasteiger partial charge in [-0.2, -0.15) is 0 Å². The molecule has 2 amide bonds. The largest absolute Gasteiger partial charge is 0.495 e. The minimum absolute atomic E-state index is 0.0246. The molecule has 2 atom stereocenters. The van der Waals surface area contributed by atoms with E-state index in [4.69, 9.17) is 16.3 Å². The minimum Gasteiger partial charge on any atom is -0.495 e. The Morgan fingerprint density at radius 3 is 2.50 bits per heavy atom. The van der Waals surface area contributed by atoms with Gasteiger partial charge in [-0.15, -0.1) is 0 Å². The van der Waals surface area contributed by atoms with Gasteiger partial charge in [-0.1, -0.05) is 18.2 Å². The molecule has 0 aromatic heterocycles. The Labute approximate surface area is 171 Å². The number of amides is 2. The summed E-state index contributed by atoms with van der Waals surface area (Å²) in [4.78, 5) is 28.0. The molecule has 2 fully saturated rings. The van der Waals surface area contributed by atoms with Gasteiger partial charge in [0.2, 0.25) is 11.8 Å². The third kappa shape index (κ3) is 3.93. The van der Waals surface area contributed by atoms with E-state index >= 15 is 0 Å². The van der Waals surface area contributed by atoms with Crippen LogP contribution in [0, 0.1) is 15.4 Å². The quantitative estimate of drug-likeness (QED) is 0.510. The molecule has 2 saturated heterocycles. The number of benzene rings is 1. The fourth-order valence-corrected chi connectivity index (χ4v) is 4.24. The van der Waals surface area contributed by atoms with Crippen molar-refractivity contribution < 1.29 is 14.3 Å². The van der Waals surface area contributed by atoms with Crippen LogP contribution < -0.4 is 10.1 Å². The Morgan fingerprint density at radius 2 is 1.92 bits per heavy atom. The molecule has 0 spiro atoms. The first kappa shape index (κ1) is 19.3. The molecule has 3 rings (SSSR count). The lowest BCUT2D eigenvalue weighted by atomic mass is 10.0. The molecule has 8 heteroatoms. The van der Waals surface area contributed by atoms with Gasteiger partial charge in [0.05, 0.1) is 24.4 Å². The second kappa shape index (κ2) is 8.04. The van der Waals surface area contributed by atoms with Crippen LogP contribution in [0.25, 0.3) is 0 Å². The van der Waals surface area contributed by atoms with Gasteiger partial charge in [0.25, 0.3) is 0 Å². The Bertz CT molecular complexity index is 729. The zero-order valence-electron chi connectivity index (χ0n) is 14.5. The Hall–Kier alpha value is -1.48. The van der Waals surface area contributed by atoms with Gasteiger partial charge < -0.3 is 19.9 Å². The van der Waals surface area contributed by atoms with Crippen LogP contribution in [0.3, 0.4) is 0 Å². The lowest BCUT2D eigenvalue weighted by molar-refractivity contribution is -0.128. The highest BCUT2D eigenvalue weighted by Gasteiger charge is 2.42. The molecule has 0 bridgehead atoms. The maximum atomic E-state index is 12.6. The van der Waals surface area contributed by atoms with E-state index in [9.17, 15) is 9.59 Å². The maximum absolute atomic E-state index is 12.6. The van der Waals surface area contributed by atoms with E-state index in [1.165, 1.54) is 6.08 Å². The van der Waals surface area contributed by atoms with E-state index in [1.54, 1.807) is 13.2 Å². The summed E-state index contributed by atoms with van der Waals surface area (Å²) in [5.74, 6) is 1.35. The van der Waals surface area contributed by atoms with Gasteiger partial charge >= 0.3 is 0 Å². The van der Waals surface area contributed by atoms with Crippen LogP contribution in [-0.2, 0) is 9.59 Å². The first-order valence-electron chi connectivity index (χ1n) is 8.39. The van der Waals surface area contributed by atoms with E-state index in [-0.39, 0.29) is 18.4 Å². The number of carbonyl (C=O) groups excluding carboxylic acids is 2. The standard InChI is InChI=1S/C18H21ClIN3O3/c1-3-17(24)22-7-11-9-23(10-12(11)8-22)18(25)6-21-15-5-14(20)13(19)4-16(15)26-2/h3-5,11-12,21H,1,6-10H2,2H3. The van der Waals surface area contributed by atoms with Crippen molar-refractivity contribution >= 4 is 51.7 Å². The van der Waals surface area contributed by atoms with Crippen molar-refractivity contribution in [1.82, 2.24) is 9.80 Å². The molecule has 0 radical (unpaired) electrons. The summed E-state index contributed by atoms with van der Waals surface area (Å²) in [7, 11) is 1.57. The second-order valence-corrected chi connectivity index (χ2v) is 8.16. The third-order valence-electron chi connectivity index (χ3n) is 5.00. The summed E-state index contributed by atoms with van der Waals surface area (Å²) in [5, 5.41) is 3.77. The lowest BCUT2D eigenvalue weighted by Gasteiger charge is -2.21. The highest BCUT2D eigenvalue weighted by Crippen LogP contribution is 2.33. The zero-order valence-corrected chi connectivity index (χ0v) is 17.4. The number of nitrogens with zero attached hydrogens (tertiary/aromatic N) is 2. The van der Waals surface area contributed by atoms with Gasteiger partial charge in [-0.25, -0.2) is 0 Å². The predicted octanol–water partition coefficient (Wildman–Crippen LogP) is 2.47. The van der Waals surface area contributed by atoms with Gasteiger partial charge in [0, 0.05) is 47.7 Å². The molecule has 2 aliphatic heterocycles. The summed E-state index contributed by atoms with van der Waals surface area (Å²) >= 11 is 8.25. The molecule has 1 aromatic rings. The number of likely N-dealkylation sites (tertiary alicyclic amines) is 2. The van der Waals surface area contributed by atoms with Crippen LogP contribution >= 0.6 is 34.2 Å². The van der Waals surface area contributed by atoms with Crippen LogP contribution in [0.5, 0.6) is 5.75 Å². The molecule has 1 N–H and O–H groups in total. The highest BCUT2D eigenvalue weighted by molar-refractivity contribution is 14.1. The number of halogens is 2. The third-order valence-corrected chi connectivity index (χ3v) is 6.52. The van der Waals surface area contributed by atoms with Gasteiger partial charge in [0.15, 0.2) is 0 Å². The average molecular weight is 490 g/mol. The van der Waals surface area contributed by atoms with Crippen molar-refractivity contribution in [3.8, 4) is 5.75 Å². The first-order valence-corrected chi connectivity index (χ1v) is 9.84. The zero-order chi connectivity index (χ0) is 18.8. The van der Waals surface area contributed by atoms with Crippen LogP contribution in [-0.4, -0.2) is 61.4 Å². The molecule has 140 valence electrons. The molecule has 26 heavy (non-hydrogen) atoms. The van der Waals surface area contributed by atoms with E-state index in [2.05, 4.69) is 34.5 Å². The summed E-state index contributed by atoms with van der Waals surface area (Å²) in [6.45, 7) is 6.54. The number of rotatable bonds is 5. The fourth-order valence-electron chi connectivity index (χ4n) is 3.62. The molecule has 6 nitrogen and oxygen atoms in total. The van der Waals surface area contributed by atoms with E-state index in [1.807, 2.05) is 15.9 Å². The SMILES string of the molecule is C=CC(=O)N1CC2CN(C(=O)CNc3cc(I)c(Cl)cc3OC)CC2C1. The van der Waals surface area contributed by atoms with Crippen molar-refractivity contribution in [2.45, 2.75) is 0 Å². The second-order valence-electron chi connectivity index (χ2n) is 6.59. The number of ether oxygens (including phenoxy) is 1. The van der Waals surface area contributed by atoms with Gasteiger partial charge in [-0.3, -0.25) is 9.59 Å². The normalized spacial score (nSPS) is 21.5. The van der Waals surface area contributed by atoms with E-state index in [0.717, 1.165) is 9.26 Å². The van der Waals surface area contributed by atoms with Gasteiger partial charge in [-0.05, 0) is 34.7 Å². The molecule has 1 aromatic carbocycles. The summed E-state index contributed by atoms with van der Waals surface area (Å²) in [6, 6.07) is 3.61. The van der Waals surface area contributed by atoms with Crippen molar-refractivity contribution in [1.29, 1.82) is 0 Å². The van der Waals surface area contributed by atoms with E-state index < -0.39 is 0 Å². The molecular formula is C18H21ClIN3O3. The molecule has 2 aliphatic rings. The maximum Gasteiger partial charge on any atom is 0.245 e. The highest BCUT2D eigenvalue weighted by atomic mass is 127. The van der Waals surface area contributed by atoms with E-state index in [0.29, 0.717) is 48.8 Å². The monoisotopic (exact) mass is 489 g/mol. The molecule has 2 heterocycles. The molecule has 0 aliphatic carbocycles. The topological polar surface area (TPSA) is 61.9 Å². The summed E-state index contributed by atoms with van der Waals surface area (Å²) in [6.07, 6.45) is 1.36. The van der Waals surface area contributed by atoms with Crippen LogP contribution in [0.1, 0.15) is 0 Å². The van der Waals surface area contributed by atoms with Crippen molar-refractivity contribution in [2.75, 3.05) is 45.2 Å². The number of nitrogens with one attached hydrogen (secondary N) is 1. The molecule has 2 unspecified atom stereocenters. The number of hydrogen-bond acceptors (Lipinski definition) is 4. The van der Waals surface area contributed by atoms with Crippen LogP contribution in [0.2, 0.25) is 5.02 Å². The van der Waals surface area contributed by atoms with Crippen LogP contribution in [0.15, 0.2) is 24.8 Å². The number of anilines is 1. The average Bonchev–Trinajstić information content (AvgIpc) is 3.20. The lowest BCUT2D eigenvalue weighted by Crippen LogP contribution is -2.37. The Kier molecular flexibility index (Phi) is 5.96. The summed E-state index contributed by atoms with van der Waals surface area (Å²) < 4.78 is 6.22. The number of hydrogen-bond donors (Lipinski definition) is 1. The fraction of sp³-hybridized carbons (Fsp3) is 0.444. The number of fused-ring (bicyclic) bond motifs is 1. The minimum atomic E-state index is -0.0246. The molecule has 0 saturated carbocycles. The van der Waals surface area contributed by atoms with Crippen molar-refractivity contribution in [2.24, 2.45) is 11.8 Å². The van der Waals surface area contributed by atoms with Crippen molar-refractivity contribution in [3.63, 3.8) is 0 Å². The first-order chi connectivity index (χ1) is 12.4. The summed E-state index contributed by atoms with van der Waals surface area (Å²) in [5.41, 5.74) is 0.747. The van der Waals surface area contributed by atoms with Crippen molar-refractivity contribution in [3.05, 3.63) is 33.4 Å². The Morgan fingerprint density at radius 1 is 1.31 bits per heavy atom. The number of carbonyl (C=O) groups is 2. The van der Waals surface area contributed by atoms with Crippen LogP contribution in [0.4, 0.5) is 5.69 Å². The number of methoxy groups -OCH3 is 1. The van der Waals surface area contributed by atoms with Gasteiger partial charge in [0.1, 0.15) is 5.75 Å². The molecular weight excluding hydrogens is 469 g/mol. The predicted molar refractivity (Wildman–Crippen MR) is 110 cm³/mol. The smallest absolute Gasteiger partial charge is 0.245 e. The Balaban J connectivity index is 1.56.